The molecule has 0 aliphatic heterocycles. The van der Waals surface area contributed by atoms with Crippen LogP contribution >= 0.6 is 15.9 Å². The molecule has 0 saturated carbocycles. The van der Waals surface area contributed by atoms with Gasteiger partial charge in [0, 0.05) is 23.2 Å². The van der Waals surface area contributed by atoms with E-state index in [9.17, 15) is 0 Å². The predicted octanol–water partition coefficient (Wildman–Crippen LogP) is 4.25. The number of hydrogen-bond donors (Lipinski definition) is 1. The van der Waals surface area contributed by atoms with E-state index < -0.39 is 0 Å². The Hall–Kier alpha value is -1.52. The molecule has 2 aromatic carbocycles. The van der Waals surface area contributed by atoms with Crippen molar-refractivity contribution >= 4 is 27.3 Å². The zero-order chi connectivity index (χ0) is 14.7. The van der Waals surface area contributed by atoms with Gasteiger partial charge in [-0.1, -0.05) is 34.1 Å². The number of para-hydroxylation sites is 2. The van der Waals surface area contributed by atoms with E-state index in [1.54, 1.807) is 7.11 Å². The van der Waals surface area contributed by atoms with Crippen LogP contribution in [0.15, 0.2) is 46.9 Å². The number of halogens is 1. The Balaban J connectivity index is 2.38. The van der Waals surface area contributed by atoms with Crippen molar-refractivity contribution in [3.05, 3.63) is 52.5 Å². The summed E-state index contributed by atoms with van der Waals surface area (Å²) in [4.78, 5) is 2.09. The minimum atomic E-state index is 0.00925. The molecule has 106 valence electrons. The summed E-state index contributed by atoms with van der Waals surface area (Å²) in [6.45, 7) is 1.98. The van der Waals surface area contributed by atoms with Gasteiger partial charge in [0.25, 0.3) is 0 Å². The van der Waals surface area contributed by atoms with Gasteiger partial charge < -0.3 is 15.4 Å². The van der Waals surface area contributed by atoms with E-state index in [-0.39, 0.29) is 6.04 Å². The first-order valence-corrected chi connectivity index (χ1v) is 7.25. The van der Waals surface area contributed by atoms with Gasteiger partial charge in [-0.05, 0) is 36.8 Å². The Labute approximate surface area is 128 Å². The summed E-state index contributed by atoms with van der Waals surface area (Å²) in [5.74, 6) is 0.849. The van der Waals surface area contributed by atoms with Crippen molar-refractivity contribution in [3.8, 4) is 5.75 Å². The summed E-state index contributed by atoms with van der Waals surface area (Å²) in [6, 6.07) is 14.2. The minimum Gasteiger partial charge on any atom is -0.495 e. The van der Waals surface area contributed by atoms with Crippen molar-refractivity contribution in [2.75, 3.05) is 19.1 Å². The number of benzene rings is 2. The molecule has 3 nitrogen and oxygen atoms in total. The minimum absolute atomic E-state index is 0.00925. The molecule has 0 radical (unpaired) electrons. The van der Waals surface area contributed by atoms with Crippen LogP contribution in [-0.2, 0) is 0 Å². The number of hydrogen-bond acceptors (Lipinski definition) is 3. The molecule has 0 fully saturated rings. The second-order valence-corrected chi connectivity index (χ2v) is 5.58. The maximum Gasteiger partial charge on any atom is 0.142 e. The van der Waals surface area contributed by atoms with Crippen molar-refractivity contribution in [1.82, 2.24) is 0 Å². The maximum absolute atomic E-state index is 5.93. The molecule has 0 aliphatic rings. The second-order valence-electron chi connectivity index (χ2n) is 4.73. The fourth-order valence-electron chi connectivity index (χ4n) is 2.14. The highest BCUT2D eigenvalue weighted by molar-refractivity contribution is 9.10. The Morgan fingerprint density at radius 1 is 1.20 bits per heavy atom. The van der Waals surface area contributed by atoms with Gasteiger partial charge in [0.1, 0.15) is 5.75 Å². The number of nitrogens with zero attached hydrogens (tertiary/aromatic N) is 1. The molecule has 1 atom stereocenters. The van der Waals surface area contributed by atoms with Gasteiger partial charge in [-0.3, -0.25) is 0 Å². The summed E-state index contributed by atoms with van der Waals surface area (Å²) in [5, 5.41) is 0. The first kappa shape index (κ1) is 14.9. The summed E-state index contributed by atoms with van der Waals surface area (Å²) >= 11 is 3.59. The molecule has 0 unspecified atom stereocenters. The monoisotopic (exact) mass is 334 g/mol. The molecule has 0 bridgehead atoms. The normalized spacial score (nSPS) is 12.1. The van der Waals surface area contributed by atoms with E-state index in [0.717, 1.165) is 27.2 Å². The zero-order valence-electron chi connectivity index (χ0n) is 11.9. The zero-order valence-corrected chi connectivity index (χ0v) is 13.5. The quantitative estimate of drug-likeness (QED) is 0.908. The number of methoxy groups -OCH3 is 1. The third-order valence-electron chi connectivity index (χ3n) is 3.31. The van der Waals surface area contributed by atoms with Crippen LogP contribution in [0.3, 0.4) is 0 Å². The van der Waals surface area contributed by atoms with Gasteiger partial charge in [-0.15, -0.1) is 0 Å². The largest absolute Gasteiger partial charge is 0.495 e. The molecule has 2 N–H and O–H groups in total. The number of anilines is 2. The van der Waals surface area contributed by atoms with Crippen LogP contribution in [0.5, 0.6) is 5.75 Å². The van der Waals surface area contributed by atoms with Gasteiger partial charge in [-0.2, -0.15) is 0 Å². The van der Waals surface area contributed by atoms with E-state index in [1.165, 1.54) is 0 Å². The van der Waals surface area contributed by atoms with Crippen molar-refractivity contribution in [2.45, 2.75) is 13.0 Å². The highest BCUT2D eigenvalue weighted by Crippen LogP contribution is 2.34. The van der Waals surface area contributed by atoms with Crippen LogP contribution in [0, 0.1) is 0 Å². The molecule has 0 spiro atoms. The van der Waals surface area contributed by atoms with Crippen molar-refractivity contribution < 1.29 is 4.74 Å². The number of ether oxygens (including phenoxy) is 1. The van der Waals surface area contributed by atoms with Gasteiger partial charge in [0.15, 0.2) is 0 Å². The van der Waals surface area contributed by atoms with Crippen LogP contribution in [-0.4, -0.2) is 14.2 Å². The summed E-state index contributed by atoms with van der Waals surface area (Å²) in [6.07, 6.45) is 0. The van der Waals surface area contributed by atoms with Crippen molar-refractivity contribution in [1.29, 1.82) is 0 Å². The average molecular weight is 335 g/mol. The molecule has 2 aromatic rings. The molecule has 0 aromatic heterocycles. The lowest BCUT2D eigenvalue weighted by molar-refractivity contribution is 0.415. The summed E-state index contributed by atoms with van der Waals surface area (Å²) < 4.78 is 6.43. The Kier molecular flexibility index (Phi) is 4.68. The van der Waals surface area contributed by atoms with Gasteiger partial charge in [0.2, 0.25) is 0 Å². The topological polar surface area (TPSA) is 38.5 Å². The van der Waals surface area contributed by atoms with E-state index in [2.05, 4.69) is 39.0 Å². The summed E-state index contributed by atoms with van der Waals surface area (Å²) in [5.41, 5.74) is 9.13. The number of nitrogens with two attached hydrogens (primary N) is 1. The third-order valence-corrected chi connectivity index (χ3v) is 4.00. The second kappa shape index (κ2) is 6.29. The van der Waals surface area contributed by atoms with E-state index in [4.69, 9.17) is 10.5 Å². The molecular formula is C16H19BrN2O. The first-order chi connectivity index (χ1) is 9.54. The Morgan fingerprint density at radius 3 is 2.50 bits per heavy atom. The molecule has 0 amide bonds. The van der Waals surface area contributed by atoms with Gasteiger partial charge >= 0.3 is 0 Å². The lowest BCUT2D eigenvalue weighted by atomic mass is 10.1. The van der Waals surface area contributed by atoms with Crippen LogP contribution in [0.1, 0.15) is 18.5 Å². The SMILES string of the molecule is COc1ccccc1N(C)c1ccc([C@@H](C)N)c(Br)c1. The molecule has 0 heterocycles. The fourth-order valence-corrected chi connectivity index (χ4v) is 2.87. The highest BCUT2D eigenvalue weighted by atomic mass is 79.9. The fraction of sp³-hybridized carbons (Fsp3) is 0.250. The lowest BCUT2D eigenvalue weighted by Gasteiger charge is -2.23. The van der Waals surface area contributed by atoms with E-state index in [1.807, 2.05) is 38.2 Å². The van der Waals surface area contributed by atoms with E-state index in [0.29, 0.717) is 0 Å². The molecule has 0 saturated heterocycles. The van der Waals surface area contributed by atoms with Gasteiger partial charge in [-0.25, -0.2) is 0 Å². The van der Waals surface area contributed by atoms with Crippen LogP contribution < -0.4 is 15.4 Å². The molecule has 2 rings (SSSR count). The summed E-state index contributed by atoms with van der Waals surface area (Å²) in [7, 11) is 3.70. The van der Waals surface area contributed by atoms with Crippen LogP contribution in [0.25, 0.3) is 0 Å². The average Bonchev–Trinajstić information content (AvgIpc) is 2.45. The molecule has 4 heteroatoms. The van der Waals surface area contributed by atoms with Crippen LogP contribution in [0.4, 0.5) is 11.4 Å². The highest BCUT2D eigenvalue weighted by Gasteiger charge is 2.12. The first-order valence-electron chi connectivity index (χ1n) is 6.46. The van der Waals surface area contributed by atoms with Gasteiger partial charge in [0.05, 0.1) is 12.8 Å². The van der Waals surface area contributed by atoms with Crippen LogP contribution in [0.2, 0.25) is 0 Å². The maximum atomic E-state index is 5.93. The predicted molar refractivity (Wildman–Crippen MR) is 87.8 cm³/mol. The Bertz CT molecular complexity index is 599. The third kappa shape index (κ3) is 2.97. The Morgan fingerprint density at radius 2 is 1.90 bits per heavy atom. The van der Waals surface area contributed by atoms with Crippen molar-refractivity contribution in [3.63, 3.8) is 0 Å². The smallest absolute Gasteiger partial charge is 0.142 e. The standard InChI is InChI=1S/C16H19BrN2O/c1-11(18)13-9-8-12(10-14(13)17)19(2)15-6-4-5-7-16(15)20-3/h4-11H,18H2,1-3H3/t11-/m1/s1. The lowest BCUT2D eigenvalue weighted by Crippen LogP contribution is -2.12. The molecule has 0 aliphatic carbocycles. The van der Waals surface area contributed by atoms with E-state index >= 15 is 0 Å². The van der Waals surface area contributed by atoms with Crippen molar-refractivity contribution in [2.24, 2.45) is 5.73 Å². The molecule has 20 heavy (non-hydrogen) atoms. The molecular weight excluding hydrogens is 316 g/mol. The number of rotatable bonds is 4.